The van der Waals surface area contributed by atoms with E-state index in [1.807, 2.05) is 13.8 Å². The van der Waals surface area contributed by atoms with Crippen molar-refractivity contribution in [1.82, 2.24) is 5.32 Å². The van der Waals surface area contributed by atoms with E-state index in [2.05, 4.69) is 36.5 Å². The third-order valence-electron chi connectivity index (χ3n) is 4.29. The summed E-state index contributed by atoms with van der Waals surface area (Å²) in [6, 6.07) is 5.22. The Hall–Kier alpha value is -2.48. The highest BCUT2D eigenvalue weighted by molar-refractivity contribution is 7.74. The fourth-order valence-corrected chi connectivity index (χ4v) is 2.80. The van der Waals surface area contributed by atoms with Crippen molar-refractivity contribution >= 4 is 59.5 Å². The van der Waals surface area contributed by atoms with Gasteiger partial charge in [-0.1, -0.05) is 50.2 Å². The summed E-state index contributed by atoms with van der Waals surface area (Å²) >= 11 is 14.4. The first-order chi connectivity index (χ1) is 18.6. The number of nitrogens with zero attached hydrogens (tertiary/aromatic N) is 2. The number of rotatable bonds is 13. The number of halogens is 2. The first-order valence-electron chi connectivity index (χ1n) is 12.0. The van der Waals surface area contributed by atoms with Gasteiger partial charge >= 0.3 is 5.97 Å². The zero-order chi connectivity index (χ0) is 30.2. The number of carbonyl (C=O) groups excluding carboxylic acids is 1. The number of ether oxygens (including phenoxy) is 2. The average molecular weight is 613 g/mol. The molecule has 1 aliphatic rings. The van der Waals surface area contributed by atoms with Gasteiger partial charge in [-0.05, 0) is 31.1 Å². The van der Waals surface area contributed by atoms with E-state index in [9.17, 15) is 9.59 Å². The molecule has 222 valence electrons. The summed E-state index contributed by atoms with van der Waals surface area (Å²) < 4.78 is 16.8. The van der Waals surface area contributed by atoms with Gasteiger partial charge in [0.1, 0.15) is 5.84 Å². The summed E-state index contributed by atoms with van der Waals surface area (Å²) in [5.74, 6) is -0.348. The number of hydrogen-bond donors (Lipinski definition) is 6. The summed E-state index contributed by atoms with van der Waals surface area (Å²) in [5.41, 5.74) is 0.797. The van der Waals surface area contributed by atoms with Gasteiger partial charge in [-0.15, -0.1) is 0 Å². The molecule has 0 spiro atoms. The Morgan fingerprint density at radius 2 is 1.46 bits per heavy atom. The topological polar surface area (TPSA) is 161 Å². The van der Waals surface area contributed by atoms with E-state index in [0.717, 1.165) is 5.69 Å². The first kappa shape index (κ1) is 38.7. The number of hydrogen-bond acceptors (Lipinski definition) is 10. The number of benzene rings is 1. The van der Waals surface area contributed by atoms with Gasteiger partial charge in [-0.2, -0.15) is 5.10 Å². The van der Waals surface area contributed by atoms with E-state index < -0.39 is 5.97 Å². The lowest BCUT2D eigenvalue weighted by atomic mass is 10.3. The number of aliphatic carboxylic acids is 1. The molecule has 0 aliphatic carbocycles. The molecule has 0 fully saturated rings. The molecule has 39 heavy (non-hydrogen) atoms. The summed E-state index contributed by atoms with van der Waals surface area (Å²) in [6.45, 7) is 12.3. The lowest BCUT2D eigenvalue weighted by Gasteiger charge is -2.13. The molecule has 0 saturated heterocycles. The zero-order valence-corrected chi connectivity index (χ0v) is 24.6. The van der Waals surface area contributed by atoms with Crippen LogP contribution < -0.4 is 10.3 Å². The number of nitrogens with one attached hydrogen (secondary N) is 1. The minimum Gasteiger partial charge on any atom is -0.513 e. The summed E-state index contributed by atoms with van der Waals surface area (Å²) in [4.78, 5) is 22.1. The van der Waals surface area contributed by atoms with Crippen LogP contribution in [0, 0.1) is 0 Å². The molecule has 5 N–H and O–H groups in total. The van der Waals surface area contributed by atoms with Crippen molar-refractivity contribution in [2.24, 2.45) is 5.10 Å². The van der Waals surface area contributed by atoms with Crippen LogP contribution in [0.1, 0.15) is 46.0 Å². The zero-order valence-electron chi connectivity index (χ0n) is 22.2. The monoisotopic (exact) mass is 611 g/mol. The highest BCUT2D eigenvalue weighted by Crippen LogP contribution is 2.28. The van der Waals surface area contributed by atoms with Crippen LogP contribution in [0.2, 0.25) is 10.0 Å². The average Bonchev–Trinajstić information content (AvgIpc) is 3.36. The van der Waals surface area contributed by atoms with Gasteiger partial charge in [0, 0.05) is 25.8 Å². The van der Waals surface area contributed by atoms with E-state index >= 15 is 0 Å². The van der Waals surface area contributed by atoms with Crippen LogP contribution in [0.3, 0.4) is 0 Å². The van der Waals surface area contributed by atoms with E-state index in [0.29, 0.717) is 54.9 Å². The summed E-state index contributed by atoms with van der Waals surface area (Å²) in [7, 11) is 0. The minimum atomic E-state index is -0.929. The maximum Gasteiger partial charge on any atom is 0.305 e. The molecule has 1 aliphatic heterocycles. The number of anilines is 1. The van der Waals surface area contributed by atoms with Crippen molar-refractivity contribution in [3.8, 4) is 0 Å². The van der Waals surface area contributed by atoms with Crippen LogP contribution in [0.5, 0.6) is 0 Å². The van der Waals surface area contributed by atoms with Crippen LogP contribution in [0.15, 0.2) is 48.0 Å². The molecule has 0 atom stereocenters. The number of amides is 1. The van der Waals surface area contributed by atoms with Gasteiger partial charge < -0.3 is 34.7 Å². The fraction of sp³-hybridized carbons (Fsp3) is 0.480. The quantitative estimate of drug-likeness (QED) is 0.0694. The van der Waals surface area contributed by atoms with Gasteiger partial charge in [-0.25, -0.2) is 0 Å². The lowest BCUT2D eigenvalue weighted by Crippen LogP contribution is -2.30. The molecule has 11 nitrogen and oxygen atoms in total. The van der Waals surface area contributed by atoms with Gasteiger partial charge in [-0.3, -0.25) is 14.6 Å². The highest BCUT2D eigenvalue weighted by Gasteiger charge is 2.18. The Labute approximate surface area is 245 Å². The summed E-state index contributed by atoms with van der Waals surface area (Å²) in [6.07, 6.45) is 1.56. The Kier molecular flexibility index (Phi) is 24.3. The van der Waals surface area contributed by atoms with Crippen LogP contribution in [0.4, 0.5) is 5.69 Å². The normalized spacial score (nSPS) is 11.4. The molecule has 0 aromatic heterocycles. The maximum atomic E-state index is 11.8. The SMILES string of the molecule is C=C(O)CCOCCC(=C)O.CC.O=C(O)CCOCCC(=O)NC1=NN(c2ccc(Cl)c(Cl)c2)CC1.OS. The maximum absolute atomic E-state index is 11.8. The Morgan fingerprint density at radius 3 is 1.95 bits per heavy atom. The summed E-state index contributed by atoms with van der Waals surface area (Å²) in [5, 5.41) is 35.4. The van der Waals surface area contributed by atoms with E-state index in [1.165, 1.54) is 0 Å². The number of carboxylic acids is 1. The number of thiol groups is 1. The third kappa shape index (κ3) is 21.1. The molecule has 1 amide bonds. The number of aliphatic hydroxyl groups is 2. The molecule has 0 radical (unpaired) electrons. The lowest BCUT2D eigenvalue weighted by molar-refractivity contribution is -0.138. The highest BCUT2D eigenvalue weighted by atomic mass is 35.5. The molecule has 0 bridgehead atoms. The van der Waals surface area contributed by atoms with Crippen LogP contribution in [0.25, 0.3) is 0 Å². The van der Waals surface area contributed by atoms with Crippen LogP contribution >= 0.6 is 36.1 Å². The third-order valence-corrected chi connectivity index (χ3v) is 5.03. The molecule has 1 aromatic carbocycles. The van der Waals surface area contributed by atoms with Gasteiger partial charge in [0.25, 0.3) is 0 Å². The van der Waals surface area contributed by atoms with Gasteiger partial charge in [0.2, 0.25) is 5.91 Å². The molecule has 1 heterocycles. The number of aliphatic hydroxyl groups excluding tert-OH is 2. The van der Waals surface area contributed by atoms with Crippen molar-refractivity contribution < 1.29 is 38.9 Å². The Balaban J connectivity index is 0. The largest absolute Gasteiger partial charge is 0.513 e. The molecule has 1 aromatic rings. The Morgan fingerprint density at radius 1 is 0.949 bits per heavy atom. The Bertz CT molecular complexity index is 903. The molecular formula is C25H39Cl2N3O8S. The molecule has 0 saturated carbocycles. The van der Waals surface area contributed by atoms with Crippen molar-refractivity contribution in [2.45, 2.75) is 46.0 Å². The number of amidine groups is 1. The van der Waals surface area contributed by atoms with Crippen molar-refractivity contribution in [1.29, 1.82) is 0 Å². The van der Waals surface area contributed by atoms with Crippen LogP contribution in [-0.4, -0.2) is 70.6 Å². The van der Waals surface area contributed by atoms with Gasteiger partial charge in [0.05, 0.1) is 66.5 Å². The molecule has 0 unspecified atom stereocenters. The molecular weight excluding hydrogens is 573 g/mol. The number of carboxylic acid groups (broad SMARTS) is 1. The standard InChI is InChI=1S/C15H17Cl2N3O4.C8H14O3.C2H6.H2OS/c16-11-2-1-10(9-12(11)17)20-6-3-13(19-20)18-14(21)4-7-24-8-5-15(22)23;1-7(9)3-5-11-6-4-8(2)10;2*1-2/h1-2,9H,3-8H2,(H,22,23)(H,18,19,21);9-10H,1-6H2;1-2H3;1-2H. The molecule has 2 rings (SSSR count). The van der Waals surface area contributed by atoms with Crippen molar-refractivity contribution in [2.75, 3.05) is 38.0 Å². The van der Waals surface area contributed by atoms with Gasteiger partial charge in [0.15, 0.2) is 0 Å². The second-order valence-corrected chi connectivity index (χ2v) is 8.13. The number of hydrazone groups is 1. The predicted molar refractivity (Wildman–Crippen MR) is 158 cm³/mol. The van der Waals surface area contributed by atoms with Crippen molar-refractivity contribution in [3.05, 3.63) is 52.9 Å². The van der Waals surface area contributed by atoms with E-state index in [-0.39, 0.29) is 43.5 Å². The number of carbonyl (C=O) groups is 2. The van der Waals surface area contributed by atoms with E-state index in [4.69, 9.17) is 52.5 Å². The second kappa shape index (κ2) is 24.6. The van der Waals surface area contributed by atoms with E-state index in [1.54, 1.807) is 23.2 Å². The first-order valence-corrected chi connectivity index (χ1v) is 13.1. The smallest absolute Gasteiger partial charge is 0.305 e. The fourth-order valence-electron chi connectivity index (χ4n) is 2.51. The van der Waals surface area contributed by atoms with Crippen LogP contribution in [-0.2, 0) is 19.1 Å². The van der Waals surface area contributed by atoms with Crippen molar-refractivity contribution in [3.63, 3.8) is 0 Å². The predicted octanol–water partition coefficient (Wildman–Crippen LogP) is 5.86. The molecule has 14 heteroatoms. The minimum absolute atomic E-state index is 0.0764. The second-order valence-electron chi connectivity index (χ2n) is 7.32.